The van der Waals surface area contributed by atoms with Gasteiger partial charge in [0.25, 0.3) is 5.91 Å². The van der Waals surface area contributed by atoms with Crippen molar-refractivity contribution in [3.05, 3.63) is 72.4 Å². The van der Waals surface area contributed by atoms with Crippen LogP contribution in [0.1, 0.15) is 16.1 Å². The molecule has 5 N–H and O–H groups in total. The summed E-state index contributed by atoms with van der Waals surface area (Å²) in [6.45, 7) is -0.589. The van der Waals surface area contributed by atoms with E-state index < -0.39 is 36.4 Å². The Balaban J connectivity index is 1.39. The number of anilines is 3. The Bertz CT molecular complexity index is 1440. The summed E-state index contributed by atoms with van der Waals surface area (Å²) in [5, 5.41) is 49.9. The maximum absolute atomic E-state index is 12.9. The minimum atomic E-state index is -1.99. The van der Waals surface area contributed by atoms with E-state index in [0.717, 1.165) is 0 Å². The number of ether oxygens (including phenoxy) is 1. The van der Waals surface area contributed by atoms with Gasteiger partial charge in [0.05, 0.1) is 12.3 Å². The summed E-state index contributed by atoms with van der Waals surface area (Å²) >= 11 is 0. The SMILES string of the molecule is N#CC1(c2ccc3c(NC(=O)c4ccc(Nc5ncccn5)cc4)ncnn23)OC(CO)C(O)C1O. The smallest absolute Gasteiger partial charge is 0.256 e. The van der Waals surface area contributed by atoms with Crippen molar-refractivity contribution in [2.75, 3.05) is 17.2 Å². The number of fused-ring (bicyclic) bond motifs is 1. The lowest BCUT2D eigenvalue weighted by Crippen LogP contribution is -2.40. The highest BCUT2D eigenvalue weighted by molar-refractivity contribution is 6.05. The van der Waals surface area contributed by atoms with Gasteiger partial charge >= 0.3 is 0 Å². The average molecular weight is 488 g/mol. The number of benzene rings is 1. The highest BCUT2D eigenvalue weighted by atomic mass is 16.6. The van der Waals surface area contributed by atoms with E-state index in [2.05, 4.69) is 30.7 Å². The molecule has 0 bridgehead atoms. The van der Waals surface area contributed by atoms with Crippen LogP contribution in [-0.4, -0.2) is 70.7 Å². The second-order valence-electron chi connectivity index (χ2n) is 7.97. The molecule has 182 valence electrons. The minimum absolute atomic E-state index is 0.110. The molecule has 0 aliphatic carbocycles. The van der Waals surface area contributed by atoms with Crippen LogP contribution >= 0.6 is 0 Å². The molecule has 1 saturated heterocycles. The van der Waals surface area contributed by atoms with Crippen LogP contribution in [0, 0.1) is 11.3 Å². The topological polar surface area (TPSA) is 191 Å². The lowest BCUT2D eigenvalue weighted by atomic mass is 9.92. The monoisotopic (exact) mass is 488 g/mol. The summed E-state index contributed by atoms with van der Waals surface area (Å²) in [5.74, 6) is 0.135. The molecule has 0 saturated carbocycles. The summed E-state index contributed by atoms with van der Waals surface area (Å²) in [6.07, 6.45) is 0.115. The Hall–Kier alpha value is -4.48. The van der Waals surface area contributed by atoms with E-state index in [1.165, 1.54) is 16.9 Å². The van der Waals surface area contributed by atoms with Gasteiger partial charge in [0.2, 0.25) is 11.5 Å². The van der Waals surface area contributed by atoms with Crippen molar-refractivity contribution in [1.82, 2.24) is 24.6 Å². The van der Waals surface area contributed by atoms with Crippen molar-refractivity contribution in [3.8, 4) is 6.07 Å². The molecule has 1 aliphatic rings. The fourth-order valence-electron chi connectivity index (χ4n) is 4.02. The molecule has 4 unspecified atom stereocenters. The van der Waals surface area contributed by atoms with Crippen LogP contribution in [0.3, 0.4) is 0 Å². The van der Waals surface area contributed by atoms with Crippen LogP contribution in [0.5, 0.6) is 0 Å². The number of rotatable bonds is 6. The van der Waals surface area contributed by atoms with Crippen molar-refractivity contribution in [2.45, 2.75) is 23.9 Å². The molecule has 1 fully saturated rings. The first kappa shape index (κ1) is 23.3. The molecule has 4 atom stereocenters. The highest BCUT2D eigenvalue weighted by Crippen LogP contribution is 2.40. The van der Waals surface area contributed by atoms with Crippen molar-refractivity contribution in [2.24, 2.45) is 0 Å². The van der Waals surface area contributed by atoms with E-state index in [-0.39, 0.29) is 11.5 Å². The van der Waals surface area contributed by atoms with Gasteiger partial charge in [0, 0.05) is 23.6 Å². The van der Waals surface area contributed by atoms with Gasteiger partial charge < -0.3 is 30.7 Å². The maximum Gasteiger partial charge on any atom is 0.256 e. The zero-order valence-electron chi connectivity index (χ0n) is 18.6. The molecular weight excluding hydrogens is 468 g/mol. The van der Waals surface area contributed by atoms with Gasteiger partial charge in [-0.2, -0.15) is 10.4 Å². The first-order valence-electron chi connectivity index (χ1n) is 10.8. The number of aliphatic hydroxyl groups excluding tert-OH is 3. The molecule has 36 heavy (non-hydrogen) atoms. The molecule has 13 heteroatoms. The molecule has 4 heterocycles. The van der Waals surface area contributed by atoms with Crippen LogP contribution in [0.4, 0.5) is 17.5 Å². The lowest BCUT2D eigenvalue weighted by Gasteiger charge is -2.24. The number of hydrogen-bond acceptors (Lipinski definition) is 11. The summed E-state index contributed by atoms with van der Waals surface area (Å²) < 4.78 is 6.86. The molecule has 1 aliphatic heterocycles. The van der Waals surface area contributed by atoms with Gasteiger partial charge in [-0.15, -0.1) is 0 Å². The van der Waals surface area contributed by atoms with Gasteiger partial charge in [-0.3, -0.25) is 4.79 Å². The Morgan fingerprint density at radius 2 is 1.89 bits per heavy atom. The number of carbonyl (C=O) groups excluding carboxylic acids is 1. The molecule has 5 rings (SSSR count). The number of hydrogen-bond donors (Lipinski definition) is 5. The summed E-state index contributed by atoms with van der Waals surface area (Å²) in [7, 11) is 0. The van der Waals surface area contributed by atoms with Crippen LogP contribution < -0.4 is 10.6 Å². The van der Waals surface area contributed by atoms with Crippen molar-refractivity contribution in [3.63, 3.8) is 0 Å². The van der Waals surface area contributed by atoms with Crippen LogP contribution in [-0.2, 0) is 10.3 Å². The standard InChI is InChI=1S/C23H20N8O5/c24-11-23(19(34)18(33)16(10-32)36-23)17-7-6-15-20(27-12-28-31(15)17)30-21(35)13-2-4-14(5-3-13)29-22-25-8-1-9-26-22/h1-9,12,16,18-19,32-34H,10H2,(H,25,26,29)(H,27,28,30,35). The first-order valence-corrected chi connectivity index (χ1v) is 10.8. The van der Waals surface area contributed by atoms with Gasteiger partial charge in [0.15, 0.2) is 5.82 Å². The molecule has 1 aromatic carbocycles. The fraction of sp³-hybridized carbons (Fsp3) is 0.217. The number of amides is 1. The number of nitrogens with zero attached hydrogens (tertiary/aromatic N) is 6. The average Bonchev–Trinajstić information content (AvgIpc) is 3.45. The molecule has 4 aromatic rings. The summed E-state index contributed by atoms with van der Waals surface area (Å²) in [4.78, 5) is 25.2. The molecular formula is C23H20N8O5. The molecule has 0 radical (unpaired) electrons. The Kier molecular flexibility index (Phi) is 6.00. The van der Waals surface area contributed by atoms with E-state index in [1.807, 2.05) is 6.07 Å². The van der Waals surface area contributed by atoms with Crippen LogP contribution in [0.2, 0.25) is 0 Å². The Labute approximate surface area is 203 Å². The third-order valence-corrected chi connectivity index (χ3v) is 5.84. The molecule has 3 aromatic heterocycles. The van der Waals surface area contributed by atoms with Crippen molar-refractivity contribution >= 4 is 28.9 Å². The van der Waals surface area contributed by atoms with Gasteiger partial charge in [-0.05, 0) is 42.5 Å². The third-order valence-electron chi connectivity index (χ3n) is 5.84. The number of nitrogens with one attached hydrogen (secondary N) is 2. The van der Waals surface area contributed by atoms with Gasteiger partial charge in [0.1, 0.15) is 36.2 Å². The van der Waals surface area contributed by atoms with Gasteiger partial charge in [-0.25, -0.2) is 19.5 Å². The van der Waals surface area contributed by atoms with Crippen LogP contribution in [0.15, 0.2) is 61.2 Å². The van der Waals surface area contributed by atoms with E-state index in [0.29, 0.717) is 22.7 Å². The predicted octanol–water partition coefficient (Wildman–Crippen LogP) is 0.347. The normalized spacial score (nSPS) is 23.3. The Morgan fingerprint density at radius 3 is 2.56 bits per heavy atom. The van der Waals surface area contributed by atoms with E-state index in [1.54, 1.807) is 48.8 Å². The van der Waals surface area contributed by atoms with E-state index in [9.17, 15) is 25.4 Å². The van der Waals surface area contributed by atoms with Gasteiger partial charge in [-0.1, -0.05) is 0 Å². The second kappa shape index (κ2) is 9.29. The number of nitriles is 1. The third kappa shape index (κ3) is 3.89. The number of carbonyl (C=O) groups is 1. The van der Waals surface area contributed by atoms with E-state index in [4.69, 9.17) is 4.74 Å². The minimum Gasteiger partial charge on any atom is -0.394 e. The highest BCUT2D eigenvalue weighted by Gasteiger charge is 2.57. The summed E-state index contributed by atoms with van der Waals surface area (Å²) in [5.41, 5.74) is -0.499. The second-order valence-corrected chi connectivity index (χ2v) is 7.97. The molecule has 0 spiro atoms. The van der Waals surface area contributed by atoms with Crippen molar-refractivity contribution < 1.29 is 24.9 Å². The number of aliphatic hydroxyl groups is 3. The van der Waals surface area contributed by atoms with E-state index >= 15 is 0 Å². The van der Waals surface area contributed by atoms with Crippen LogP contribution in [0.25, 0.3) is 5.52 Å². The molecule has 1 amide bonds. The summed E-state index contributed by atoms with van der Waals surface area (Å²) in [6, 6.07) is 13.3. The maximum atomic E-state index is 12.9. The predicted molar refractivity (Wildman–Crippen MR) is 124 cm³/mol. The quantitative estimate of drug-likeness (QED) is 0.252. The fourth-order valence-corrected chi connectivity index (χ4v) is 4.02. The lowest BCUT2D eigenvalue weighted by molar-refractivity contribution is -0.0643. The molecule has 13 nitrogen and oxygen atoms in total. The zero-order valence-corrected chi connectivity index (χ0v) is 18.6. The number of aromatic nitrogens is 5. The zero-order chi connectivity index (χ0) is 25.3. The van der Waals surface area contributed by atoms with Crippen molar-refractivity contribution in [1.29, 1.82) is 5.26 Å². The Morgan fingerprint density at radius 1 is 1.14 bits per heavy atom. The first-order chi connectivity index (χ1) is 17.5. The largest absolute Gasteiger partial charge is 0.394 e.